The fourth-order valence-electron chi connectivity index (χ4n) is 3.51. The van der Waals surface area contributed by atoms with Gasteiger partial charge in [-0.1, -0.05) is 32.0 Å². The summed E-state index contributed by atoms with van der Waals surface area (Å²) in [6.45, 7) is 6.51. The molecule has 2 N–H and O–H groups in total. The van der Waals surface area contributed by atoms with Crippen molar-refractivity contribution in [2.45, 2.75) is 51.6 Å². The summed E-state index contributed by atoms with van der Waals surface area (Å²) in [7, 11) is 0. The molecule has 3 nitrogen and oxygen atoms in total. The zero-order valence-corrected chi connectivity index (χ0v) is 16.8. The second-order valence-corrected chi connectivity index (χ2v) is 7.45. The van der Waals surface area contributed by atoms with Crippen molar-refractivity contribution in [2.24, 2.45) is 11.8 Å². The van der Waals surface area contributed by atoms with Gasteiger partial charge >= 0.3 is 6.18 Å². The molecular formula is C20H30ClF3N2O. The Morgan fingerprint density at radius 1 is 1.33 bits per heavy atom. The molecule has 27 heavy (non-hydrogen) atoms. The second-order valence-electron chi connectivity index (χ2n) is 7.45. The molecule has 0 saturated carbocycles. The summed E-state index contributed by atoms with van der Waals surface area (Å²) in [4.78, 5) is 12.1. The molecule has 1 fully saturated rings. The molecule has 0 aromatic heterocycles. The van der Waals surface area contributed by atoms with Gasteiger partial charge in [0.15, 0.2) is 0 Å². The second kappa shape index (κ2) is 10.9. The molecular weight excluding hydrogens is 377 g/mol. The molecule has 1 saturated heterocycles. The van der Waals surface area contributed by atoms with E-state index in [1.807, 2.05) is 6.92 Å². The number of amides is 1. The Hall–Kier alpha value is -1.27. The minimum atomic E-state index is -4.33. The SMILES string of the molecule is CC(CCNC(=O)CC(C)C1CCCNC1)c1cccc(C(F)(F)F)c1.Cl. The van der Waals surface area contributed by atoms with E-state index in [-0.39, 0.29) is 24.2 Å². The summed E-state index contributed by atoms with van der Waals surface area (Å²) in [5.41, 5.74) is 0.0246. The van der Waals surface area contributed by atoms with Gasteiger partial charge in [-0.15, -0.1) is 12.4 Å². The van der Waals surface area contributed by atoms with Crippen LogP contribution in [-0.2, 0) is 11.0 Å². The van der Waals surface area contributed by atoms with E-state index in [4.69, 9.17) is 0 Å². The Bertz CT molecular complexity index is 589. The quantitative estimate of drug-likeness (QED) is 0.685. The first kappa shape index (κ1) is 23.8. The maximum atomic E-state index is 12.8. The predicted molar refractivity (Wildman–Crippen MR) is 104 cm³/mol. The zero-order chi connectivity index (χ0) is 19.2. The third kappa shape index (κ3) is 7.70. The van der Waals surface area contributed by atoms with Crippen LogP contribution in [-0.4, -0.2) is 25.5 Å². The molecule has 7 heteroatoms. The Morgan fingerprint density at radius 3 is 2.70 bits per heavy atom. The van der Waals surface area contributed by atoms with Crippen LogP contribution in [0.4, 0.5) is 13.2 Å². The normalized spacial score (nSPS) is 19.7. The Labute approximate surface area is 165 Å². The van der Waals surface area contributed by atoms with Crippen LogP contribution in [0.1, 0.15) is 56.6 Å². The van der Waals surface area contributed by atoms with Crippen LogP contribution in [0.3, 0.4) is 0 Å². The Kier molecular flexibility index (Phi) is 9.60. The fourth-order valence-corrected chi connectivity index (χ4v) is 3.51. The van der Waals surface area contributed by atoms with E-state index in [1.165, 1.54) is 12.1 Å². The maximum absolute atomic E-state index is 12.8. The highest BCUT2D eigenvalue weighted by Crippen LogP contribution is 2.31. The first-order valence-corrected chi connectivity index (χ1v) is 9.42. The summed E-state index contributed by atoms with van der Waals surface area (Å²) >= 11 is 0. The molecule has 2 rings (SSSR count). The zero-order valence-electron chi connectivity index (χ0n) is 15.9. The smallest absolute Gasteiger partial charge is 0.356 e. The molecule has 0 bridgehead atoms. The van der Waals surface area contributed by atoms with Crippen molar-refractivity contribution in [3.8, 4) is 0 Å². The topological polar surface area (TPSA) is 41.1 Å². The molecule has 154 valence electrons. The van der Waals surface area contributed by atoms with E-state index in [1.54, 1.807) is 6.07 Å². The number of hydrogen-bond acceptors (Lipinski definition) is 2. The van der Waals surface area contributed by atoms with Crippen LogP contribution in [0.2, 0.25) is 0 Å². The first-order valence-electron chi connectivity index (χ1n) is 9.42. The fraction of sp³-hybridized carbons (Fsp3) is 0.650. The number of hydrogen-bond donors (Lipinski definition) is 2. The summed E-state index contributed by atoms with van der Waals surface area (Å²) in [5, 5.41) is 6.29. The van der Waals surface area contributed by atoms with E-state index < -0.39 is 11.7 Å². The van der Waals surface area contributed by atoms with Crippen LogP contribution in [0.25, 0.3) is 0 Å². The maximum Gasteiger partial charge on any atom is 0.416 e. The number of carbonyl (C=O) groups is 1. The lowest BCUT2D eigenvalue weighted by atomic mass is 9.85. The van der Waals surface area contributed by atoms with E-state index >= 15 is 0 Å². The van der Waals surface area contributed by atoms with Gasteiger partial charge in [-0.05, 0) is 61.7 Å². The minimum Gasteiger partial charge on any atom is -0.356 e. The van der Waals surface area contributed by atoms with Gasteiger partial charge in [0.2, 0.25) is 5.91 Å². The lowest BCUT2D eigenvalue weighted by molar-refractivity contribution is -0.137. The average molecular weight is 407 g/mol. The van der Waals surface area contributed by atoms with Crippen molar-refractivity contribution in [3.63, 3.8) is 0 Å². The van der Waals surface area contributed by atoms with E-state index in [9.17, 15) is 18.0 Å². The number of piperidine rings is 1. The summed E-state index contributed by atoms with van der Waals surface area (Å²) < 4.78 is 38.4. The van der Waals surface area contributed by atoms with E-state index in [0.29, 0.717) is 36.8 Å². The number of alkyl halides is 3. The third-order valence-electron chi connectivity index (χ3n) is 5.33. The lowest BCUT2D eigenvalue weighted by Gasteiger charge is -2.28. The minimum absolute atomic E-state index is 0. The molecule has 3 unspecified atom stereocenters. The molecule has 0 aliphatic carbocycles. The van der Waals surface area contributed by atoms with Crippen LogP contribution >= 0.6 is 12.4 Å². The van der Waals surface area contributed by atoms with Gasteiger partial charge in [0.25, 0.3) is 0 Å². The standard InChI is InChI=1S/C20H29F3N2O.ClH/c1-14(16-5-3-7-18(12-16)20(21,22)23)8-10-25-19(26)11-15(2)17-6-4-9-24-13-17;/h3,5,7,12,14-15,17,24H,4,6,8-11,13H2,1-2H3,(H,25,26);1H. The van der Waals surface area contributed by atoms with Crippen molar-refractivity contribution in [3.05, 3.63) is 35.4 Å². The molecule has 1 aromatic carbocycles. The van der Waals surface area contributed by atoms with Crippen LogP contribution in [0.15, 0.2) is 24.3 Å². The van der Waals surface area contributed by atoms with Crippen molar-refractivity contribution in [1.82, 2.24) is 10.6 Å². The van der Waals surface area contributed by atoms with Crippen molar-refractivity contribution >= 4 is 18.3 Å². The third-order valence-corrected chi connectivity index (χ3v) is 5.33. The van der Waals surface area contributed by atoms with Gasteiger partial charge in [0.05, 0.1) is 5.56 Å². The molecule has 0 radical (unpaired) electrons. The highest BCUT2D eigenvalue weighted by atomic mass is 35.5. The lowest BCUT2D eigenvalue weighted by Crippen LogP contribution is -2.35. The highest BCUT2D eigenvalue weighted by Gasteiger charge is 2.30. The first-order chi connectivity index (χ1) is 12.3. The number of halogens is 4. The van der Waals surface area contributed by atoms with Gasteiger partial charge in [-0.25, -0.2) is 0 Å². The summed E-state index contributed by atoms with van der Waals surface area (Å²) in [5.74, 6) is 0.860. The van der Waals surface area contributed by atoms with Crippen LogP contribution in [0.5, 0.6) is 0 Å². The number of nitrogens with one attached hydrogen (secondary N) is 2. The molecule has 0 spiro atoms. The molecule has 1 aromatic rings. The molecule has 1 amide bonds. The van der Waals surface area contributed by atoms with Gasteiger partial charge in [-0.3, -0.25) is 4.79 Å². The van der Waals surface area contributed by atoms with Crippen LogP contribution in [0, 0.1) is 11.8 Å². The number of benzene rings is 1. The average Bonchev–Trinajstić information content (AvgIpc) is 2.61. The summed E-state index contributed by atoms with van der Waals surface area (Å²) in [6.07, 6.45) is -0.885. The Morgan fingerprint density at radius 2 is 2.07 bits per heavy atom. The van der Waals surface area contributed by atoms with Gasteiger partial charge in [0, 0.05) is 13.0 Å². The van der Waals surface area contributed by atoms with Crippen molar-refractivity contribution in [1.29, 1.82) is 0 Å². The largest absolute Gasteiger partial charge is 0.416 e. The molecule has 1 aliphatic rings. The number of rotatable bonds is 7. The van der Waals surface area contributed by atoms with Crippen molar-refractivity contribution < 1.29 is 18.0 Å². The highest BCUT2D eigenvalue weighted by molar-refractivity contribution is 5.85. The Balaban J connectivity index is 0.00000364. The molecule has 1 heterocycles. The van der Waals surface area contributed by atoms with Crippen molar-refractivity contribution in [2.75, 3.05) is 19.6 Å². The predicted octanol–water partition coefficient (Wildman–Crippen LogP) is 4.76. The van der Waals surface area contributed by atoms with E-state index in [2.05, 4.69) is 17.6 Å². The molecule has 3 atom stereocenters. The van der Waals surface area contributed by atoms with Gasteiger partial charge in [0.1, 0.15) is 0 Å². The number of carbonyl (C=O) groups excluding carboxylic acids is 1. The monoisotopic (exact) mass is 406 g/mol. The van der Waals surface area contributed by atoms with Crippen LogP contribution < -0.4 is 10.6 Å². The summed E-state index contributed by atoms with van der Waals surface area (Å²) in [6, 6.07) is 5.43. The van der Waals surface area contributed by atoms with Gasteiger partial charge in [-0.2, -0.15) is 13.2 Å². The molecule has 1 aliphatic heterocycles. The van der Waals surface area contributed by atoms with Gasteiger partial charge < -0.3 is 10.6 Å². The van der Waals surface area contributed by atoms with E-state index in [0.717, 1.165) is 32.0 Å².